The molecule has 2 nitrogen and oxygen atoms in total. The van der Waals surface area contributed by atoms with Gasteiger partial charge in [0, 0.05) is 12.1 Å². The van der Waals surface area contributed by atoms with E-state index in [4.69, 9.17) is 4.74 Å². The van der Waals surface area contributed by atoms with E-state index in [2.05, 4.69) is 71.1 Å². The van der Waals surface area contributed by atoms with Gasteiger partial charge in [-0.15, -0.1) is 0 Å². The van der Waals surface area contributed by atoms with E-state index in [1.165, 1.54) is 5.56 Å². The lowest BCUT2D eigenvalue weighted by atomic mass is 9.82. The molecule has 0 fully saturated rings. The molecule has 0 atom stereocenters. The first kappa shape index (κ1) is 17.0. The summed E-state index contributed by atoms with van der Waals surface area (Å²) in [5.74, 6) is 0.955. The molecule has 114 valence electrons. The molecule has 0 aliphatic carbocycles. The molecule has 0 aliphatic heterocycles. The van der Waals surface area contributed by atoms with Gasteiger partial charge >= 0.3 is 0 Å². The zero-order valence-corrected chi connectivity index (χ0v) is 14.0. The molecule has 20 heavy (non-hydrogen) atoms. The Kier molecular flexibility index (Phi) is 6.07. The van der Waals surface area contributed by atoms with Crippen molar-refractivity contribution in [1.29, 1.82) is 0 Å². The number of nitrogens with one attached hydrogen (secondary N) is 1. The molecular weight excluding hydrogens is 246 g/mol. The van der Waals surface area contributed by atoms with Crippen molar-refractivity contribution < 1.29 is 4.74 Å². The van der Waals surface area contributed by atoms with E-state index in [0.29, 0.717) is 6.61 Å². The summed E-state index contributed by atoms with van der Waals surface area (Å²) >= 11 is 0. The molecule has 0 radical (unpaired) electrons. The molecule has 1 rings (SSSR count). The van der Waals surface area contributed by atoms with Crippen molar-refractivity contribution >= 4 is 0 Å². The third-order valence-corrected chi connectivity index (χ3v) is 4.38. The first-order valence-electron chi connectivity index (χ1n) is 7.79. The van der Waals surface area contributed by atoms with Crippen LogP contribution in [0.2, 0.25) is 0 Å². The smallest absolute Gasteiger partial charge is 0.119 e. The fraction of sp³-hybridized carbons (Fsp3) is 0.667. The Morgan fingerprint density at radius 1 is 0.950 bits per heavy atom. The predicted octanol–water partition coefficient (Wildman–Crippen LogP) is 4.53. The summed E-state index contributed by atoms with van der Waals surface area (Å²) < 4.78 is 5.78. The first-order valence-corrected chi connectivity index (χ1v) is 7.79. The summed E-state index contributed by atoms with van der Waals surface area (Å²) in [5.41, 5.74) is 1.81. The van der Waals surface area contributed by atoms with Gasteiger partial charge in [-0.2, -0.15) is 0 Å². The maximum atomic E-state index is 5.78. The summed E-state index contributed by atoms with van der Waals surface area (Å²) in [5, 5.41) is 3.50. The lowest BCUT2D eigenvalue weighted by Gasteiger charge is -2.25. The molecule has 0 amide bonds. The molecule has 0 aromatic heterocycles. The van der Waals surface area contributed by atoms with Crippen molar-refractivity contribution in [2.75, 3.05) is 13.2 Å². The first-order chi connectivity index (χ1) is 9.30. The normalized spacial score (nSPS) is 12.5. The van der Waals surface area contributed by atoms with Crippen molar-refractivity contribution in [2.24, 2.45) is 0 Å². The molecule has 1 aromatic carbocycles. The van der Waals surface area contributed by atoms with Gasteiger partial charge in [-0.05, 0) is 49.8 Å². The van der Waals surface area contributed by atoms with E-state index in [0.717, 1.165) is 25.1 Å². The minimum atomic E-state index is 0.193. The molecule has 2 heteroatoms. The van der Waals surface area contributed by atoms with E-state index in [-0.39, 0.29) is 11.0 Å². The highest BCUT2D eigenvalue weighted by Gasteiger charge is 2.17. The quantitative estimate of drug-likeness (QED) is 0.705. The summed E-state index contributed by atoms with van der Waals surface area (Å²) in [4.78, 5) is 0. The zero-order valence-electron chi connectivity index (χ0n) is 14.0. The highest BCUT2D eigenvalue weighted by atomic mass is 16.5. The second-order valence-electron chi connectivity index (χ2n) is 6.77. The molecule has 0 bridgehead atoms. The second kappa shape index (κ2) is 7.12. The van der Waals surface area contributed by atoms with Gasteiger partial charge in [-0.25, -0.2) is 0 Å². The van der Waals surface area contributed by atoms with Crippen LogP contribution >= 0.6 is 0 Å². The Labute approximate surface area is 124 Å². The van der Waals surface area contributed by atoms with Crippen LogP contribution in [-0.4, -0.2) is 18.7 Å². The number of rotatable bonds is 8. The molecule has 0 saturated heterocycles. The Morgan fingerprint density at radius 2 is 1.55 bits per heavy atom. The molecule has 0 aliphatic rings. The van der Waals surface area contributed by atoms with Crippen LogP contribution in [-0.2, 0) is 5.41 Å². The Bertz CT molecular complexity index is 392. The van der Waals surface area contributed by atoms with Crippen LogP contribution in [0.15, 0.2) is 24.3 Å². The molecule has 0 saturated carbocycles. The standard InChI is InChI=1S/C18H31NO/c1-7-17(3,4)15-9-11-16(12-10-15)20-14-13-19-18(5,6)8-2/h9-12,19H,7-8,13-14H2,1-6H3. The van der Waals surface area contributed by atoms with E-state index in [9.17, 15) is 0 Å². The fourth-order valence-corrected chi connectivity index (χ4v) is 1.89. The van der Waals surface area contributed by atoms with Crippen LogP contribution in [0.1, 0.15) is 59.9 Å². The molecule has 0 heterocycles. The Balaban J connectivity index is 2.43. The highest BCUT2D eigenvalue weighted by Crippen LogP contribution is 2.27. The molecule has 0 unspecified atom stereocenters. The molecular formula is C18H31NO. The third kappa shape index (κ3) is 5.16. The minimum Gasteiger partial charge on any atom is -0.492 e. The van der Waals surface area contributed by atoms with Crippen molar-refractivity contribution in [1.82, 2.24) is 5.32 Å². The topological polar surface area (TPSA) is 21.3 Å². The van der Waals surface area contributed by atoms with Gasteiger partial charge in [0.05, 0.1) is 0 Å². The maximum absolute atomic E-state index is 5.78. The van der Waals surface area contributed by atoms with E-state index in [1.807, 2.05) is 0 Å². The van der Waals surface area contributed by atoms with Gasteiger partial charge < -0.3 is 10.1 Å². The van der Waals surface area contributed by atoms with Gasteiger partial charge in [0.1, 0.15) is 12.4 Å². The lowest BCUT2D eigenvalue weighted by molar-refractivity contribution is 0.280. The molecule has 1 aromatic rings. The zero-order chi connectivity index (χ0) is 15.2. The van der Waals surface area contributed by atoms with Gasteiger partial charge in [-0.3, -0.25) is 0 Å². The number of hydrogen-bond acceptors (Lipinski definition) is 2. The lowest BCUT2D eigenvalue weighted by Crippen LogP contribution is -2.40. The number of benzene rings is 1. The second-order valence-corrected chi connectivity index (χ2v) is 6.77. The van der Waals surface area contributed by atoms with Crippen molar-refractivity contribution in [3.05, 3.63) is 29.8 Å². The minimum absolute atomic E-state index is 0.193. The average Bonchev–Trinajstić information content (AvgIpc) is 2.44. The van der Waals surface area contributed by atoms with Crippen molar-refractivity contribution in [3.63, 3.8) is 0 Å². The largest absolute Gasteiger partial charge is 0.492 e. The summed E-state index contributed by atoms with van der Waals surface area (Å²) in [7, 11) is 0. The summed E-state index contributed by atoms with van der Waals surface area (Å²) in [6.45, 7) is 15.0. The van der Waals surface area contributed by atoms with E-state index >= 15 is 0 Å². The van der Waals surface area contributed by atoms with Gasteiger partial charge in [0.25, 0.3) is 0 Å². The summed E-state index contributed by atoms with van der Waals surface area (Å²) in [6.07, 6.45) is 2.26. The van der Waals surface area contributed by atoms with Crippen LogP contribution in [0.5, 0.6) is 5.75 Å². The van der Waals surface area contributed by atoms with Crippen LogP contribution in [0, 0.1) is 0 Å². The van der Waals surface area contributed by atoms with Gasteiger partial charge in [0.2, 0.25) is 0 Å². The SMILES string of the molecule is CCC(C)(C)NCCOc1ccc(C(C)(C)CC)cc1. The maximum Gasteiger partial charge on any atom is 0.119 e. The number of ether oxygens (including phenoxy) is 1. The van der Waals surface area contributed by atoms with Crippen LogP contribution in [0.3, 0.4) is 0 Å². The van der Waals surface area contributed by atoms with Gasteiger partial charge in [0.15, 0.2) is 0 Å². The van der Waals surface area contributed by atoms with E-state index < -0.39 is 0 Å². The number of hydrogen-bond donors (Lipinski definition) is 1. The van der Waals surface area contributed by atoms with Gasteiger partial charge in [-0.1, -0.05) is 39.8 Å². The van der Waals surface area contributed by atoms with Crippen LogP contribution in [0.25, 0.3) is 0 Å². The Morgan fingerprint density at radius 3 is 2.05 bits per heavy atom. The summed E-state index contributed by atoms with van der Waals surface area (Å²) in [6, 6.07) is 8.53. The monoisotopic (exact) mass is 277 g/mol. The Hall–Kier alpha value is -1.02. The van der Waals surface area contributed by atoms with Crippen LogP contribution < -0.4 is 10.1 Å². The average molecular weight is 277 g/mol. The van der Waals surface area contributed by atoms with Crippen molar-refractivity contribution in [2.45, 2.75) is 65.3 Å². The van der Waals surface area contributed by atoms with Crippen LogP contribution in [0.4, 0.5) is 0 Å². The fourth-order valence-electron chi connectivity index (χ4n) is 1.89. The molecule has 1 N–H and O–H groups in total. The molecule has 0 spiro atoms. The third-order valence-electron chi connectivity index (χ3n) is 4.38. The predicted molar refractivity (Wildman–Crippen MR) is 87.6 cm³/mol. The van der Waals surface area contributed by atoms with Crippen molar-refractivity contribution in [3.8, 4) is 5.75 Å². The highest BCUT2D eigenvalue weighted by molar-refractivity contribution is 5.31. The van der Waals surface area contributed by atoms with E-state index in [1.54, 1.807) is 0 Å².